The number of aliphatic carboxylic acids is 1. The fourth-order valence-electron chi connectivity index (χ4n) is 6.07. The molecular formula is C34H39FO5. The number of benzene rings is 3. The van der Waals surface area contributed by atoms with E-state index in [0.717, 1.165) is 47.9 Å². The van der Waals surface area contributed by atoms with Crippen LogP contribution in [0.2, 0.25) is 0 Å². The molecule has 212 valence electrons. The van der Waals surface area contributed by atoms with Gasteiger partial charge in [0.25, 0.3) is 0 Å². The second-order valence-corrected chi connectivity index (χ2v) is 12.3. The van der Waals surface area contributed by atoms with Crippen molar-refractivity contribution in [1.82, 2.24) is 0 Å². The number of hydrogen-bond donors (Lipinski definition) is 1. The van der Waals surface area contributed by atoms with Crippen molar-refractivity contribution in [3.05, 3.63) is 83.2 Å². The molecular weight excluding hydrogens is 507 g/mol. The molecule has 0 aromatic heterocycles. The Morgan fingerprint density at radius 3 is 2.52 bits per heavy atom. The van der Waals surface area contributed by atoms with Gasteiger partial charge in [-0.15, -0.1) is 0 Å². The van der Waals surface area contributed by atoms with E-state index in [-0.39, 0.29) is 35.1 Å². The Balaban J connectivity index is 1.45. The predicted molar refractivity (Wildman–Crippen MR) is 153 cm³/mol. The third kappa shape index (κ3) is 6.02. The number of hydrogen-bond acceptors (Lipinski definition) is 4. The first kappa shape index (κ1) is 28.2. The monoisotopic (exact) mass is 546 g/mol. The summed E-state index contributed by atoms with van der Waals surface area (Å²) in [6.45, 7) is 7.55. The van der Waals surface area contributed by atoms with Gasteiger partial charge >= 0.3 is 5.97 Å². The average Bonchev–Trinajstić information content (AvgIpc) is 3.68. The number of carboxylic acids is 1. The van der Waals surface area contributed by atoms with Crippen molar-refractivity contribution in [2.75, 3.05) is 13.7 Å². The number of ether oxygens (including phenoxy) is 3. The summed E-state index contributed by atoms with van der Waals surface area (Å²) < 4.78 is 33.1. The van der Waals surface area contributed by atoms with E-state index in [1.54, 1.807) is 19.2 Å². The van der Waals surface area contributed by atoms with Crippen molar-refractivity contribution >= 4 is 5.97 Å². The van der Waals surface area contributed by atoms with E-state index in [4.69, 9.17) is 14.2 Å². The van der Waals surface area contributed by atoms with Gasteiger partial charge in [-0.1, -0.05) is 45.0 Å². The molecule has 0 spiro atoms. The topological polar surface area (TPSA) is 65.0 Å². The van der Waals surface area contributed by atoms with Crippen LogP contribution in [-0.4, -0.2) is 24.8 Å². The lowest BCUT2D eigenvalue weighted by atomic mass is 9.75. The molecule has 40 heavy (non-hydrogen) atoms. The van der Waals surface area contributed by atoms with Crippen molar-refractivity contribution < 1.29 is 28.5 Å². The van der Waals surface area contributed by atoms with Crippen LogP contribution in [0.1, 0.15) is 81.6 Å². The summed E-state index contributed by atoms with van der Waals surface area (Å²) in [7, 11) is 1.58. The van der Waals surface area contributed by atoms with Crippen molar-refractivity contribution in [1.29, 1.82) is 0 Å². The van der Waals surface area contributed by atoms with Crippen LogP contribution in [0.3, 0.4) is 0 Å². The molecule has 1 N–H and O–H groups in total. The maximum atomic E-state index is 15.1. The fraction of sp³-hybridized carbons (Fsp3) is 0.441. The highest BCUT2D eigenvalue weighted by Gasteiger charge is 2.46. The Morgan fingerprint density at radius 1 is 1.02 bits per heavy atom. The van der Waals surface area contributed by atoms with Crippen molar-refractivity contribution in [2.45, 2.75) is 71.5 Å². The summed E-state index contributed by atoms with van der Waals surface area (Å²) in [4.78, 5) is 11.6. The van der Waals surface area contributed by atoms with Crippen LogP contribution in [0.4, 0.5) is 4.39 Å². The highest BCUT2D eigenvalue weighted by atomic mass is 19.1. The Kier molecular flexibility index (Phi) is 7.92. The summed E-state index contributed by atoms with van der Waals surface area (Å²) in [6, 6.07) is 18.6. The SMILES string of the molecule is COc1ccc(F)c(-c2ccc(COc3cccc([C@H](CC(=O)O)C4(C)CC4)c3)cc2[C@H]2OCCCC2(C)C)c1. The Bertz CT molecular complexity index is 1380. The van der Waals surface area contributed by atoms with E-state index in [0.29, 0.717) is 30.3 Å². The van der Waals surface area contributed by atoms with Gasteiger partial charge in [-0.2, -0.15) is 0 Å². The lowest BCUT2D eigenvalue weighted by Crippen LogP contribution is -2.30. The lowest BCUT2D eigenvalue weighted by molar-refractivity contribution is -0.137. The minimum absolute atomic E-state index is 0.0317. The molecule has 3 aromatic carbocycles. The summed E-state index contributed by atoms with van der Waals surface area (Å²) >= 11 is 0. The van der Waals surface area contributed by atoms with E-state index in [9.17, 15) is 9.90 Å². The van der Waals surface area contributed by atoms with Gasteiger partial charge in [0.15, 0.2) is 0 Å². The molecule has 0 bridgehead atoms. The van der Waals surface area contributed by atoms with E-state index >= 15 is 4.39 Å². The normalized spacial score (nSPS) is 20.0. The molecule has 2 aliphatic rings. The van der Waals surface area contributed by atoms with Gasteiger partial charge in [0.1, 0.15) is 23.9 Å². The second-order valence-electron chi connectivity index (χ2n) is 12.3. The van der Waals surface area contributed by atoms with Crippen LogP contribution in [-0.2, 0) is 16.1 Å². The molecule has 1 aliphatic heterocycles. The minimum atomic E-state index is -0.780. The molecule has 5 rings (SSSR count). The first-order chi connectivity index (χ1) is 19.1. The maximum Gasteiger partial charge on any atom is 0.303 e. The number of carbonyl (C=O) groups is 1. The smallest absolute Gasteiger partial charge is 0.303 e. The van der Waals surface area contributed by atoms with Gasteiger partial charge in [0, 0.05) is 12.2 Å². The fourth-order valence-corrected chi connectivity index (χ4v) is 6.07. The summed E-state index contributed by atoms with van der Waals surface area (Å²) in [6.07, 6.45) is 4.01. The Morgan fingerprint density at radius 2 is 1.82 bits per heavy atom. The van der Waals surface area contributed by atoms with E-state index in [1.165, 1.54) is 6.07 Å². The standard InChI is InChI=1S/C34H39FO5/c1-33(2)13-6-16-39-32(33)28-17-22(9-11-26(28)27-19-24(38-4)10-12-30(27)35)21-40-25-8-5-7-23(18-25)29(20-31(36)37)34(3)14-15-34/h5,7-12,17-19,29,32H,6,13-16,20-21H2,1-4H3,(H,36,37)/t29-,32+/m0/s1. The molecule has 1 heterocycles. The molecule has 0 radical (unpaired) electrons. The molecule has 1 saturated heterocycles. The van der Waals surface area contributed by atoms with Gasteiger partial charge < -0.3 is 19.3 Å². The molecule has 5 nitrogen and oxygen atoms in total. The summed E-state index contributed by atoms with van der Waals surface area (Å²) in [5.74, 6) is 0.174. The Labute approximate surface area is 236 Å². The van der Waals surface area contributed by atoms with Crippen molar-refractivity contribution in [3.63, 3.8) is 0 Å². The van der Waals surface area contributed by atoms with Crippen molar-refractivity contribution in [2.24, 2.45) is 10.8 Å². The summed E-state index contributed by atoms with van der Waals surface area (Å²) in [5, 5.41) is 9.51. The van der Waals surface area contributed by atoms with Gasteiger partial charge in [-0.05, 0) is 101 Å². The second kappa shape index (κ2) is 11.2. The van der Waals surface area contributed by atoms with Gasteiger partial charge in [-0.25, -0.2) is 4.39 Å². The third-order valence-corrected chi connectivity index (χ3v) is 8.75. The number of halogens is 1. The van der Waals surface area contributed by atoms with Crippen LogP contribution in [0.15, 0.2) is 60.7 Å². The highest BCUT2D eigenvalue weighted by molar-refractivity contribution is 5.71. The molecule has 3 aromatic rings. The minimum Gasteiger partial charge on any atom is -0.497 e. The zero-order chi connectivity index (χ0) is 28.5. The lowest BCUT2D eigenvalue weighted by Gasteiger charge is -2.39. The van der Waals surface area contributed by atoms with Crippen LogP contribution in [0.25, 0.3) is 11.1 Å². The van der Waals surface area contributed by atoms with Crippen LogP contribution >= 0.6 is 0 Å². The van der Waals surface area contributed by atoms with Crippen molar-refractivity contribution in [3.8, 4) is 22.6 Å². The maximum absolute atomic E-state index is 15.1. The highest BCUT2D eigenvalue weighted by Crippen LogP contribution is 2.57. The molecule has 0 amide bonds. The van der Waals surface area contributed by atoms with Crippen LogP contribution < -0.4 is 9.47 Å². The zero-order valence-corrected chi connectivity index (χ0v) is 23.8. The summed E-state index contributed by atoms with van der Waals surface area (Å²) in [5.41, 5.74) is 4.08. The zero-order valence-electron chi connectivity index (χ0n) is 23.8. The van der Waals surface area contributed by atoms with E-state index in [2.05, 4.69) is 26.8 Å². The molecule has 2 fully saturated rings. The first-order valence-electron chi connectivity index (χ1n) is 14.1. The van der Waals surface area contributed by atoms with E-state index < -0.39 is 5.97 Å². The third-order valence-electron chi connectivity index (χ3n) is 8.75. The van der Waals surface area contributed by atoms with Crippen LogP contribution in [0.5, 0.6) is 11.5 Å². The van der Waals surface area contributed by atoms with Gasteiger partial charge in [0.05, 0.1) is 19.6 Å². The quantitative estimate of drug-likeness (QED) is 0.277. The predicted octanol–water partition coefficient (Wildman–Crippen LogP) is 8.32. The molecule has 1 saturated carbocycles. The largest absolute Gasteiger partial charge is 0.497 e. The molecule has 2 atom stereocenters. The number of rotatable bonds is 10. The van der Waals surface area contributed by atoms with E-state index in [1.807, 2.05) is 36.4 Å². The first-order valence-corrected chi connectivity index (χ1v) is 14.1. The Hall–Kier alpha value is -3.38. The molecule has 6 heteroatoms. The van der Waals surface area contributed by atoms with Crippen LogP contribution in [0, 0.1) is 16.6 Å². The average molecular weight is 547 g/mol. The molecule has 1 aliphatic carbocycles. The number of carboxylic acid groups (broad SMARTS) is 1. The van der Waals surface area contributed by atoms with Gasteiger partial charge in [-0.3, -0.25) is 4.79 Å². The molecule has 0 unspecified atom stereocenters. The number of methoxy groups -OCH3 is 1. The van der Waals surface area contributed by atoms with Gasteiger partial charge in [0.2, 0.25) is 0 Å².